The first-order valence-electron chi connectivity index (χ1n) is 7.60. The van der Waals surface area contributed by atoms with E-state index in [1.807, 2.05) is 25.1 Å². The van der Waals surface area contributed by atoms with Crippen molar-refractivity contribution < 1.29 is 9.47 Å². The molecule has 1 aromatic heterocycles. The van der Waals surface area contributed by atoms with Gasteiger partial charge in [-0.05, 0) is 25.1 Å². The highest BCUT2D eigenvalue weighted by molar-refractivity contribution is 5.42. The summed E-state index contributed by atoms with van der Waals surface area (Å²) in [5.41, 5.74) is 0.898. The molecule has 130 valence electrons. The van der Waals surface area contributed by atoms with Crippen LogP contribution in [0, 0.1) is 0 Å². The van der Waals surface area contributed by atoms with Crippen LogP contribution in [-0.4, -0.2) is 23.4 Å². The quantitative estimate of drug-likeness (QED) is 0.852. The van der Waals surface area contributed by atoms with Crippen molar-refractivity contribution in [3.8, 4) is 11.5 Å². The van der Waals surface area contributed by atoms with Gasteiger partial charge in [-0.3, -0.25) is 13.9 Å². The van der Waals surface area contributed by atoms with Crippen LogP contribution in [0.1, 0.15) is 24.2 Å². The van der Waals surface area contributed by atoms with Crippen molar-refractivity contribution in [1.82, 2.24) is 14.5 Å². The van der Waals surface area contributed by atoms with Crippen LogP contribution in [0.2, 0.25) is 0 Å². The molecule has 0 spiro atoms. The number of benzene rings is 1. The normalized spacial score (nSPS) is 12.0. The Hall–Kier alpha value is -2.54. The van der Waals surface area contributed by atoms with E-state index in [0.717, 1.165) is 21.6 Å². The van der Waals surface area contributed by atoms with E-state index in [-0.39, 0.29) is 17.3 Å². The standard InChI is InChI=1S/C17H23N3O4/c1-11(14-9-13(23-4)6-7-15(14)24-5)18-10-12-8-16(21)20(3)17(22)19(12)2/h6-9,11,18H,10H2,1-5H3/t11-/m0/s1. The van der Waals surface area contributed by atoms with Gasteiger partial charge in [-0.15, -0.1) is 0 Å². The molecule has 0 saturated carbocycles. The summed E-state index contributed by atoms with van der Waals surface area (Å²) in [5.74, 6) is 1.48. The van der Waals surface area contributed by atoms with E-state index in [9.17, 15) is 9.59 Å². The molecule has 0 unspecified atom stereocenters. The second-order valence-electron chi connectivity index (χ2n) is 5.58. The van der Waals surface area contributed by atoms with Gasteiger partial charge >= 0.3 is 5.69 Å². The molecule has 24 heavy (non-hydrogen) atoms. The average Bonchev–Trinajstić information content (AvgIpc) is 2.60. The van der Waals surface area contributed by atoms with Crippen molar-refractivity contribution in [2.45, 2.75) is 19.5 Å². The van der Waals surface area contributed by atoms with Crippen molar-refractivity contribution in [3.05, 3.63) is 56.4 Å². The van der Waals surface area contributed by atoms with Crippen molar-refractivity contribution in [2.75, 3.05) is 14.2 Å². The number of ether oxygens (including phenoxy) is 2. The van der Waals surface area contributed by atoms with Gasteiger partial charge in [0.15, 0.2) is 0 Å². The summed E-state index contributed by atoms with van der Waals surface area (Å²) in [7, 11) is 6.34. The van der Waals surface area contributed by atoms with E-state index in [4.69, 9.17) is 9.47 Å². The molecule has 0 bridgehead atoms. The minimum atomic E-state index is -0.342. The third-order valence-electron chi connectivity index (χ3n) is 4.12. The Kier molecular flexibility index (Phi) is 5.46. The van der Waals surface area contributed by atoms with Gasteiger partial charge in [0.25, 0.3) is 5.56 Å². The Balaban J connectivity index is 2.24. The predicted octanol–water partition coefficient (Wildman–Crippen LogP) is 0.952. The van der Waals surface area contributed by atoms with Gasteiger partial charge in [-0.2, -0.15) is 0 Å². The molecule has 1 atom stereocenters. The first kappa shape index (κ1) is 17.8. The first-order chi connectivity index (χ1) is 11.4. The third kappa shape index (κ3) is 3.51. The highest BCUT2D eigenvalue weighted by atomic mass is 16.5. The molecule has 0 fully saturated rings. The Morgan fingerprint density at radius 3 is 2.42 bits per heavy atom. The monoisotopic (exact) mass is 333 g/mol. The number of aromatic nitrogens is 2. The highest BCUT2D eigenvalue weighted by Crippen LogP contribution is 2.29. The summed E-state index contributed by atoms with van der Waals surface area (Å²) in [4.78, 5) is 23.8. The van der Waals surface area contributed by atoms with Crippen molar-refractivity contribution in [3.63, 3.8) is 0 Å². The largest absolute Gasteiger partial charge is 0.497 e. The molecule has 0 amide bonds. The Morgan fingerprint density at radius 2 is 1.79 bits per heavy atom. The number of hydrogen-bond donors (Lipinski definition) is 1. The first-order valence-corrected chi connectivity index (χ1v) is 7.60. The van der Waals surface area contributed by atoms with Crippen molar-refractivity contribution in [1.29, 1.82) is 0 Å². The van der Waals surface area contributed by atoms with Crippen LogP contribution in [0.5, 0.6) is 11.5 Å². The molecule has 1 N–H and O–H groups in total. The molecule has 0 saturated heterocycles. The highest BCUT2D eigenvalue weighted by Gasteiger charge is 2.14. The van der Waals surface area contributed by atoms with E-state index >= 15 is 0 Å². The lowest BCUT2D eigenvalue weighted by atomic mass is 10.1. The second-order valence-corrected chi connectivity index (χ2v) is 5.58. The van der Waals surface area contributed by atoms with Gasteiger partial charge in [0.1, 0.15) is 11.5 Å². The minimum absolute atomic E-state index is 0.0609. The van der Waals surface area contributed by atoms with Gasteiger partial charge in [-0.25, -0.2) is 4.79 Å². The van der Waals surface area contributed by atoms with E-state index in [1.165, 1.54) is 17.7 Å². The smallest absolute Gasteiger partial charge is 0.330 e. The summed E-state index contributed by atoms with van der Waals surface area (Å²) in [5, 5.41) is 3.31. The van der Waals surface area contributed by atoms with Crippen molar-refractivity contribution >= 4 is 0 Å². The Morgan fingerprint density at radius 1 is 1.08 bits per heavy atom. The van der Waals surface area contributed by atoms with Crippen LogP contribution in [0.15, 0.2) is 33.9 Å². The molecule has 7 heteroatoms. The van der Waals surface area contributed by atoms with Crippen LogP contribution in [-0.2, 0) is 20.6 Å². The van der Waals surface area contributed by atoms with Gasteiger partial charge in [-0.1, -0.05) is 0 Å². The number of nitrogens with one attached hydrogen (secondary N) is 1. The summed E-state index contributed by atoms with van der Waals surface area (Å²) < 4.78 is 13.2. The van der Waals surface area contributed by atoms with Gasteiger partial charge in [0, 0.05) is 44.0 Å². The molecule has 0 aliphatic rings. The maximum Gasteiger partial charge on any atom is 0.330 e. The molecule has 2 aromatic rings. The molecule has 1 heterocycles. The predicted molar refractivity (Wildman–Crippen MR) is 91.7 cm³/mol. The van der Waals surface area contributed by atoms with Crippen LogP contribution >= 0.6 is 0 Å². The van der Waals surface area contributed by atoms with Crippen LogP contribution in [0.4, 0.5) is 0 Å². The Bertz CT molecular complexity index is 839. The molecule has 0 radical (unpaired) electrons. The third-order valence-corrected chi connectivity index (χ3v) is 4.12. The summed E-state index contributed by atoms with van der Waals surface area (Å²) in [6.07, 6.45) is 0. The molecule has 7 nitrogen and oxygen atoms in total. The molecule has 2 rings (SSSR count). The summed E-state index contributed by atoms with van der Waals surface area (Å²) in [6, 6.07) is 6.98. The van der Waals surface area contributed by atoms with E-state index in [1.54, 1.807) is 21.3 Å². The SMILES string of the molecule is COc1ccc(OC)c([C@H](C)NCc2cc(=O)n(C)c(=O)n2C)c1. The van der Waals surface area contributed by atoms with Gasteiger partial charge in [0.2, 0.25) is 0 Å². The summed E-state index contributed by atoms with van der Waals surface area (Å²) >= 11 is 0. The van der Waals surface area contributed by atoms with Crippen molar-refractivity contribution in [2.24, 2.45) is 14.1 Å². The number of rotatable bonds is 6. The lowest BCUT2D eigenvalue weighted by Gasteiger charge is -2.19. The maximum absolute atomic E-state index is 12.0. The number of hydrogen-bond acceptors (Lipinski definition) is 5. The number of methoxy groups -OCH3 is 2. The average molecular weight is 333 g/mol. The lowest BCUT2D eigenvalue weighted by molar-refractivity contribution is 0.391. The van der Waals surface area contributed by atoms with E-state index in [2.05, 4.69) is 5.32 Å². The topological polar surface area (TPSA) is 74.5 Å². The van der Waals surface area contributed by atoms with Crippen LogP contribution in [0.25, 0.3) is 0 Å². The number of nitrogens with zero attached hydrogens (tertiary/aromatic N) is 2. The molecule has 0 aliphatic heterocycles. The zero-order valence-electron chi connectivity index (χ0n) is 14.6. The second kappa shape index (κ2) is 7.35. The van der Waals surface area contributed by atoms with E-state index in [0.29, 0.717) is 12.2 Å². The van der Waals surface area contributed by atoms with Gasteiger partial charge in [0.05, 0.1) is 14.2 Å². The lowest BCUT2D eigenvalue weighted by Crippen LogP contribution is -2.39. The van der Waals surface area contributed by atoms with Crippen LogP contribution < -0.4 is 26.0 Å². The molecular weight excluding hydrogens is 310 g/mol. The minimum Gasteiger partial charge on any atom is -0.497 e. The molecule has 1 aromatic carbocycles. The zero-order valence-corrected chi connectivity index (χ0v) is 14.6. The van der Waals surface area contributed by atoms with Gasteiger partial charge < -0.3 is 14.8 Å². The zero-order chi connectivity index (χ0) is 17.9. The fourth-order valence-corrected chi connectivity index (χ4v) is 2.49. The fraction of sp³-hybridized carbons (Fsp3) is 0.412. The molecule has 0 aliphatic carbocycles. The Labute approximate surface area is 140 Å². The molecular formula is C17H23N3O4. The van der Waals surface area contributed by atoms with E-state index < -0.39 is 0 Å². The fourth-order valence-electron chi connectivity index (χ4n) is 2.49. The maximum atomic E-state index is 12.0. The summed E-state index contributed by atoms with van der Waals surface area (Å²) in [6.45, 7) is 2.36. The van der Waals surface area contributed by atoms with Crippen LogP contribution in [0.3, 0.4) is 0 Å².